The van der Waals surface area contributed by atoms with Gasteiger partial charge in [-0.1, -0.05) is 13.3 Å². The van der Waals surface area contributed by atoms with Crippen LogP contribution in [0.3, 0.4) is 0 Å². The van der Waals surface area contributed by atoms with Crippen LogP contribution in [0.2, 0.25) is 0 Å². The van der Waals surface area contributed by atoms with Gasteiger partial charge in [0.1, 0.15) is 0 Å². The van der Waals surface area contributed by atoms with Crippen molar-refractivity contribution in [3.63, 3.8) is 0 Å². The Bertz CT molecular complexity index is 510. The average Bonchev–Trinajstić information content (AvgIpc) is 2.96. The molecule has 0 unspecified atom stereocenters. The van der Waals surface area contributed by atoms with Gasteiger partial charge >= 0.3 is 0 Å². The minimum Gasteiger partial charge on any atom is -0.294 e. The summed E-state index contributed by atoms with van der Waals surface area (Å²) in [6.07, 6.45) is 2.26. The Hall–Kier alpha value is -0.790. The maximum absolute atomic E-state index is 4.11. The van der Waals surface area contributed by atoms with Crippen LogP contribution in [0.1, 0.15) is 30.5 Å². The lowest BCUT2D eigenvalue weighted by Crippen LogP contribution is -2.20. The first-order chi connectivity index (χ1) is 9.19. The molecule has 2 aromatic heterocycles. The second-order valence-electron chi connectivity index (χ2n) is 4.55. The van der Waals surface area contributed by atoms with Gasteiger partial charge in [-0.25, -0.2) is 4.68 Å². The van der Waals surface area contributed by atoms with Crippen LogP contribution in [0, 0.1) is 0 Å². The van der Waals surface area contributed by atoms with Crippen LogP contribution in [-0.4, -0.2) is 32.2 Å². The van der Waals surface area contributed by atoms with Crippen LogP contribution in [-0.2, 0) is 19.6 Å². The smallest absolute Gasteiger partial charge is 0.165 e. The molecular weight excluding hydrogens is 326 g/mol. The summed E-state index contributed by atoms with van der Waals surface area (Å²) in [5.41, 5.74) is 0. The highest BCUT2D eigenvalue weighted by molar-refractivity contribution is 9.11. The number of halogens is 1. The molecule has 0 radical (unpaired) electrons. The minimum atomic E-state index is 0.770. The maximum Gasteiger partial charge on any atom is 0.165 e. The van der Waals surface area contributed by atoms with Crippen LogP contribution >= 0.6 is 27.3 Å². The van der Waals surface area contributed by atoms with E-state index in [1.807, 2.05) is 4.68 Å². The van der Waals surface area contributed by atoms with Crippen molar-refractivity contribution in [2.24, 2.45) is 0 Å². The molecule has 2 aromatic rings. The Morgan fingerprint density at radius 3 is 2.89 bits per heavy atom. The van der Waals surface area contributed by atoms with E-state index in [1.54, 1.807) is 11.3 Å². The predicted octanol–water partition coefficient (Wildman–Crippen LogP) is 2.93. The van der Waals surface area contributed by atoms with Crippen LogP contribution in [0.15, 0.2) is 15.9 Å². The summed E-state index contributed by atoms with van der Waals surface area (Å²) in [6, 6.07) is 4.23. The molecule has 0 amide bonds. The molecular formula is C12H18BrN5S. The van der Waals surface area contributed by atoms with Crippen LogP contribution in [0.4, 0.5) is 0 Å². The quantitative estimate of drug-likeness (QED) is 0.775. The van der Waals surface area contributed by atoms with E-state index in [9.17, 15) is 0 Å². The second kappa shape index (κ2) is 7.12. The Morgan fingerprint density at radius 2 is 2.21 bits per heavy atom. The zero-order chi connectivity index (χ0) is 13.7. The lowest BCUT2D eigenvalue weighted by Gasteiger charge is -2.14. The normalized spacial score (nSPS) is 11.4. The number of hydrogen-bond acceptors (Lipinski definition) is 5. The van der Waals surface area contributed by atoms with E-state index < -0.39 is 0 Å². The first kappa shape index (κ1) is 14.6. The van der Waals surface area contributed by atoms with Gasteiger partial charge in [-0.15, -0.1) is 16.4 Å². The molecule has 0 aliphatic heterocycles. The topological polar surface area (TPSA) is 46.8 Å². The molecule has 2 rings (SSSR count). The SMILES string of the molecule is CCCCn1nnnc1CN(C)Cc1ccc(Br)s1. The fourth-order valence-corrected chi connectivity index (χ4v) is 3.38. The molecule has 0 atom stereocenters. The monoisotopic (exact) mass is 343 g/mol. The molecule has 0 aromatic carbocycles. The molecule has 0 aliphatic rings. The van der Waals surface area contributed by atoms with Gasteiger partial charge in [0.25, 0.3) is 0 Å². The zero-order valence-electron chi connectivity index (χ0n) is 11.2. The van der Waals surface area contributed by atoms with Gasteiger partial charge < -0.3 is 0 Å². The summed E-state index contributed by atoms with van der Waals surface area (Å²) < 4.78 is 3.08. The zero-order valence-corrected chi connectivity index (χ0v) is 13.6. The molecule has 0 saturated carbocycles. The number of aryl methyl sites for hydroxylation is 1. The molecule has 104 valence electrons. The number of aromatic nitrogens is 4. The average molecular weight is 344 g/mol. The summed E-state index contributed by atoms with van der Waals surface area (Å²) in [4.78, 5) is 3.56. The number of nitrogens with zero attached hydrogens (tertiary/aromatic N) is 5. The number of hydrogen-bond donors (Lipinski definition) is 0. The number of thiophene rings is 1. The third kappa shape index (κ3) is 4.36. The summed E-state index contributed by atoms with van der Waals surface area (Å²) in [5.74, 6) is 0.937. The highest BCUT2D eigenvalue weighted by Gasteiger charge is 2.10. The lowest BCUT2D eigenvalue weighted by molar-refractivity contribution is 0.304. The fraction of sp³-hybridized carbons (Fsp3) is 0.583. The van der Waals surface area contributed by atoms with Gasteiger partial charge in [-0.3, -0.25) is 4.90 Å². The van der Waals surface area contributed by atoms with E-state index >= 15 is 0 Å². The molecule has 0 bridgehead atoms. The Balaban J connectivity index is 1.91. The fourth-order valence-electron chi connectivity index (χ4n) is 1.82. The van der Waals surface area contributed by atoms with Gasteiger partial charge in [0.2, 0.25) is 0 Å². The maximum atomic E-state index is 4.11. The summed E-state index contributed by atoms with van der Waals surface area (Å²) in [5, 5.41) is 11.9. The number of rotatable bonds is 7. The van der Waals surface area contributed by atoms with Gasteiger partial charge in [0.15, 0.2) is 5.82 Å². The summed E-state index contributed by atoms with van der Waals surface area (Å²) in [6.45, 7) is 4.76. The Kier molecular flexibility index (Phi) is 5.47. The lowest BCUT2D eigenvalue weighted by atomic mass is 10.3. The first-order valence-electron chi connectivity index (χ1n) is 6.37. The van der Waals surface area contributed by atoms with E-state index in [2.05, 4.69) is 62.5 Å². The highest BCUT2D eigenvalue weighted by atomic mass is 79.9. The third-order valence-corrected chi connectivity index (χ3v) is 4.40. The molecule has 0 saturated heterocycles. The first-order valence-corrected chi connectivity index (χ1v) is 7.97. The van der Waals surface area contributed by atoms with Crippen molar-refractivity contribution in [1.29, 1.82) is 0 Å². The molecule has 5 nitrogen and oxygen atoms in total. The molecule has 0 spiro atoms. The highest BCUT2D eigenvalue weighted by Crippen LogP contribution is 2.23. The van der Waals surface area contributed by atoms with Crippen molar-refractivity contribution in [2.75, 3.05) is 7.05 Å². The molecule has 19 heavy (non-hydrogen) atoms. The van der Waals surface area contributed by atoms with Gasteiger partial charge in [0, 0.05) is 18.0 Å². The van der Waals surface area contributed by atoms with Gasteiger partial charge in [-0.05, 0) is 52.0 Å². The van der Waals surface area contributed by atoms with Crippen molar-refractivity contribution in [1.82, 2.24) is 25.1 Å². The third-order valence-electron chi connectivity index (χ3n) is 2.80. The van der Waals surface area contributed by atoms with E-state index in [1.165, 1.54) is 8.66 Å². The van der Waals surface area contributed by atoms with Crippen molar-refractivity contribution in [3.05, 3.63) is 26.6 Å². The van der Waals surface area contributed by atoms with E-state index in [4.69, 9.17) is 0 Å². The Morgan fingerprint density at radius 1 is 1.37 bits per heavy atom. The van der Waals surface area contributed by atoms with E-state index in [-0.39, 0.29) is 0 Å². The van der Waals surface area contributed by atoms with Crippen molar-refractivity contribution >= 4 is 27.3 Å². The molecule has 0 fully saturated rings. The van der Waals surface area contributed by atoms with Gasteiger partial charge in [-0.2, -0.15) is 0 Å². The van der Waals surface area contributed by atoms with Crippen molar-refractivity contribution < 1.29 is 0 Å². The number of unbranched alkanes of at least 4 members (excludes halogenated alkanes) is 1. The standard InChI is InChI=1S/C12H18BrN5S/c1-3-4-7-18-12(14-15-16-18)9-17(2)8-10-5-6-11(13)19-10/h5-6H,3-4,7-9H2,1-2H3. The van der Waals surface area contributed by atoms with Crippen LogP contribution in [0.5, 0.6) is 0 Å². The van der Waals surface area contributed by atoms with E-state index in [0.29, 0.717) is 0 Å². The van der Waals surface area contributed by atoms with Crippen molar-refractivity contribution in [3.8, 4) is 0 Å². The summed E-state index contributed by atoms with van der Waals surface area (Å²) >= 11 is 5.25. The minimum absolute atomic E-state index is 0.770. The summed E-state index contributed by atoms with van der Waals surface area (Å²) in [7, 11) is 2.09. The molecule has 0 aliphatic carbocycles. The second-order valence-corrected chi connectivity index (χ2v) is 7.10. The van der Waals surface area contributed by atoms with Crippen LogP contribution < -0.4 is 0 Å². The van der Waals surface area contributed by atoms with Crippen LogP contribution in [0.25, 0.3) is 0 Å². The molecule has 0 N–H and O–H groups in total. The Labute approximate surface area is 125 Å². The largest absolute Gasteiger partial charge is 0.294 e. The molecule has 7 heteroatoms. The molecule has 2 heterocycles. The predicted molar refractivity (Wildman–Crippen MR) is 79.9 cm³/mol. The van der Waals surface area contributed by atoms with Gasteiger partial charge in [0.05, 0.1) is 10.3 Å². The number of tetrazole rings is 1. The van der Waals surface area contributed by atoms with Crippen molar-refractivity contribution in [2.45, 2.75) is 39.4 Å². The van der Waals surface area contributed by atoms with E-state index in [0.717, 1.165) is 38.3 Å².